The van der Waals surface area contributed by atoms with Crippen LogP contribution in [0.25, 0.3) is 0 Å². The Balaban J connectivity index is 2.18. The van der Waals surface area contributed by atoms with Gasteiger partial charge >= 0.3 is 0 Å². The summed E-state index contributed by atoms with van der Waals surface area (Å²) in [6.45, 7) is 5.41. The van der Waals surface area contributed by atoms with Gasteiger partial charge in [0.15, 0.2) is 0 Å². The molecule has 0 spiro atoms. The average Bonchev–Trinajstić information content (AvgIpc) is 2.52. The van der Waals surface area contributed by atoms with E-state index in [9.17, 15) is 4.21 Å². The quantitative estimate of drug-likeness (QED) is 0.839. The van der Waals surface area contributed by atoms with Crippen LogP contribution in [-0.2, 0) is 10.8 Å². The topological polar surface area (TPSA) is 29.1 Å². The summed E-state index contributed by atoms with van der Waals surface area (Å²) in [5.74, 6) is 0.695. The van der Waals surface area contributed by atoms with Crippen LogP contribution in [0.4, 0.5) is 0 Å². The maximum Gasteiger partial charge on any atom is 0.0591 e. The van der Waals surface area contributed by atoms with Crippen LogP contribution in [0.2, 0.25) is 5.02 Å². The predicted molar refractivity (Wildman–Crippen MR) is 91.4 cm³/mol. The molecule has 4 atom stereocenters. The molecule has 0 heterocycles. The van der Waals surface area contributed by atoms with Crippen molar-refractivity contribution < 1.29 is 4.21 Å². The predicted octanol–water partition coefficient (Wildman–Crippen LogP) is 4.39. The summed E-state index contributed by atoms with van der Waals surface area (Å²) in [6, 6.07) is 7.91. The van der Waals surface area contributed by atoms with Crippen LogP contribution in [0.15, 0.2) is 29.2 Å². The molecule has 1 aliphatic carbocycles. The summed E-state index contributed by atoms with van der Waals surface area (Å²) in [7, 11) is -1.03. The zero-order valence-electron chi connectivity index (χ0n) is 13.0. The highest BCUT2D eigenvalue weighted by atomic mass is 35.5. The average molecular weight is 328 g/mol. The van der Waals surface area contributed by atoms with Crippen LogP contribution in [0, 0.1) is 5.92 Å². The van der Waals surface area contributed by atoms with Crippen molar-refractivity contribution in [2.45, 2.75) is 62.1 Å². The molecule has 1 aliphatic rings. The fraction of sp³-hybridized carbons (Fsp3) is 0.647. The third kappa shape index (κ3) is 4.30. The third-order valence-corrected chi connectivity index (χ3v) is 6.76. The molecule has 118 valence electrons. The van der Waals surface area contributed by atoms with Crippen molar-refractivity contribution >= 4 is 22.4 Å². The summed E-state index contributed by atoms with van der Waals surface area (Å²) in [5.41, 5.74) is 0. The van der Waals surface area contributed by atoms with Gasteiger partial charge in [-0.1, -0.05) is 44.0 Å². The zero-order valence-corrected chi connectivity index (χ0v) is 14.6. The van der Waals surface area contributed by atoms with Crippen LogP contribution in [0.5, 0.6) is 0 Å². The molecule has 1 aromatic rings. The van der Waals surface area contributed by atoms with Gasteiger partial charge in [-0.25, -0.2) is 0 Å². The lowest BCUT2D eigenvalue weighted by molar-refractivity contribution is 0.292. The van der Waals surface area contributed by atoms with Crippen molar-refractivity contribution in [3.8, 4) is 0 Å². The van der Waals surface area contributed by atoms with Gasteiger partial charge in [-0.3, -0.25) is 4.21 Å². The molecule has 4 heteroatoms. The number of halogens is 1. The van der Waals surface area contributed by atoms with Gasteiger partial charge in [-0.15, -0.1) is 0 Å². The van der Waals surface area contributed by atoms with E-state index in [-0.39, 0.29) is 5.25 Å². The lowest BCUT2D eigenvalue weighted by Gasteiger charge is -2.36. The van der Waals surface area contributed by atoms with E-state index in [2.05, 4.69) is 19.2 Å². The minimum atomic E-state index is -1.03. The Labute approximate surface area is 136 Å². The van der Waals surface area contributed by atoms with Crippen LogP contribution in [-0.4, -0.2) is 22.0 Å². The van der Waals surface area contributed by atoms with Gasteiger partial charge in [0.25, 0.3) is 0 Å². The van der Waals surface area contributed by atoms with E-state index in [1.165, 1.54) is 12.8 Å². The number of hydrogen-bond donors (Lipinski definition) is 1. The number of benzene rings is 1. The monoisotopic (exact) mass is 327 g/mol. The van der Waals surface area contributed by atoms with Gasteiger partial charge in [0.2, 0.25) is 0 Å². The third-order valence-electron chi connectivity index (χ3n) is 4.46. The molecule has 2 rings (SSSR count). The highest BCUT2D eigenvalue weighted by molar-refractivity contribution is 7.85. The second kappa shape index (κ2) is 8.30. The molecule has 0 radical (unpaired) electrons. The van der Waals surface area contributed by atoms with Crippen LogP contribution < -0.4 is 5.32 Å². The summed E-state index contributed by atoms with van der Waals surface area (Å²) >= 11 is 6.25. The Morgan fingerprint density at radius 3 is 2.71 bits per heavy atom. The Bertz CT molecular complexity index is 480. The molecule has 0 saturated heterocycles. The normalized spacial score (nSPS) is 27.5. The van der Waals surface area contributed by atoms with Gasteiger partial charge in [0.05, 0.1) is 26.0 Å². The Morgan fingerprint density at radius 1 is 1.29 bits per heavy atom. The fourth-order valence-electron chi connectivity index (χ4n) is 3.15. The van der Waals surface area contributed by atoms with Crippen molar-refractivity contribution in [2.75, 3.05) is 6.54 Å². The molecule has 1 N–H and O–H groups in total. The maximum atomic E-state index is 13.0. The number of hydrogen-bond acceptors (Lipinski definition) is 2. The summed E-state index contributed by atoms with van der Waals surface area (Å²) in [4.78, 5) is 0.796. The summed E-state index contributed by atoms with van der Waals surface area (Å²) in [6.07, 6.45) is 5.69. The van der Waals surface area contributed by atoms with E-state index in [1.807, 2.05) is 24.3 Å². The van der Waals surface area contributed by atoms with Crippen LogP contribution in [0.1, 0.15) is 46.0 Å². The molecule has 0 aromatic heterocycles. The van der Waals surface area contributed by atoms with Crippen molar-refractivity contribution in [1.82, 2.24) is 5.32 Å². The van der Waals surface area contributed by atoms with Crippen molar-refractivity contribution in [1.29, 1.82) is 0 Å². The Morgan fingerprint density at radius 2 is 2.05 bits per heavy atom. The first-order chi connectivity index (χ1) is 10.2. The maximum absolute atomic E-state index is 13.0. The molecule has 21 heavy (non-hydrogen) atoms. The van der Waals surface area contributed by atoms with Crippen molar-refractivity contribution in [3.05, 3.63) is 29.3 Å². The minimum absolute atomic E-state index is 0.176. The van der Waals surface area contributed by atoms with Gasteiger partial charge in [-0.05, 0) is 50.3 Å². The molecule has 4 unspecified atom stereocenters. The Kier molecular flexibility index (Phi) is 6.72. The van der Waals surface area contributed by atoms with Gasteiger partial charge in [0, 0.05) is 6.04 Å². The van der Waals surface area contributed by atoms with Crippen LogP contribution >= 0.6 is 11.6 Å². The Hall–Kier alpha value is -0.380. The molecule has 1 fully saturated rings. The van der Waals surface area contributed by atoms with E-state index in [4.69, 9.17) is 11.6 Å². The zero-order chi connectivity index (χ0) is 15.2. The molecule has 0 bridgehead atoms. The first kappa shape index (κ1) is 17.0. The van der Waals surface area contributed by atoms with E-state index < -0.39 is 10.8 Å². The van der Waals surface area contributed by atoms with Gasteiger partial charge < -0.3 is 5.32 Å². The highest BCUT2D eigenvalue weighted by Gasteiger charge is 2.34. The summed E-state index contributed by atoms with van der Waals surface area (Å²) < 4.78 is 13.0. The van der Waals surface area contributed by atoms with E-state index in [1.54, 1.807) is 0 Å². The fourth-order valence-corrected chi connectivity index (χ4v) is 5.29. The largest absolute Gasteiger partial charge is 0.313 e. The second-order valence-electron chi connectivity index (χ2n) is 5.91. The molecule has 1 aromatic carbocycles. The molecular formula is C17H26ClNOS. The first-order valence-electron chi connectivity index (χ1n) is 8.05. The molecular weight excluding hydrogens is 302 g/mol. The molecule has 1 saturated carbocycles. The smallest absolute Gasteiger partial charge is 0.0591 e. The van der Waals surface area contributed by atoms with Crippen LogP contribution in [0.3, 0.4) is 0 Å². The van der Waals surface area contributed by atoms with Crippen molar-refractivity contribution in [3.63, 3.8) is 0 Å². The standard InChI is InChI=1S/C17H26ClNOS/c1-3-11-19-15-10-9-13(4-2)12-17(15)21(20)16-8-6-5-7-14(16)18/h5-8,13,15,17,19H,3-4,9-12H2,1-2H3. The molecule has 2 nitrogen and oxygen atoms in total. The lowest BCUT2D eigenvalue weighted by atomic mass is 9.84. The van der Waals surface area contributed by atoms with E-state index in [0.29, 0.717) is 17.0 Å². The van der Waals surface area contributed by atoms with Gasteiger partial charge in [0.1, 0.15) is 0 Å². The molecule has 0 aliphatic heterocycles. The first-order valence-corrected chi connectivity index (χ1v) is 9.64. The van der Waals surface area contributed by atoms with E-state index >= 15 is 0 Å². The lowest BCUT2D eigenvalue weighted by Crippen LogP contribution is -2.46. The summed E-state index contributed by atoms with van der Waals surface area (Å²) in [5, 5.41) is 4.40. The number of rotatable bonds is 6. The number of nitrogens with one attached hydrogen (secondary N) is 1. The van der Waals surface area contributed by atoms with E-state index in [0.717, 1.165) is 30.7 Å². The van der Waals surface area contributed by atoms with Gasteiger partial charge in [-0.2, -0.15) is 0 Å². The highest BCUT2D eigenvalue weighted by Crippen LogP contribution is 2.33. The minimum Gasteiger partial charge on any atom is -0.313 e. The SMILES string of the molecule is CCCNC1CCC(CC)CC1S(=O)c1ccccc1Cl. The second-order valence-corrected chi connectivity index (χ2v) is 7.96. The van der Waals surface area contributed by atoms with Crippen molar-refractivity contribution in [2.24, 2.45) is 5.92 Å². The molecule has 0 amide bonds.